The fourth-order valence-corrected chi connectivity index (χ4v) is 4.79. The maximum absolute atomic E-state index is 10.2. The maximum Gasteiger partial charge on any atom is 0.186 e. The van der Waals surface area contributed by atoms with Crippen molar-refractivity contribution in [3.05, 3.63) is 102 Å². The van der Waals surface area contributed by atoms with Gasteiger partial charge in [0.15, 0.2) is 6.29 Å². The number of aliphatic hydroxyl groups is 4. The quantitative estimate of drug-likeness (QED) is 0.224. The second-order valence-electron chi connectivity index (χ2n) is 9.63. The average molecular weight is 524 g/mol. The number of hydrogen-bond donors (Lipinski definition) is 4. The highest BCUT2D eigenvalue weighted by molar-refractivity contribution is 5.54. The van der Waals surface area contributed by atoms with Gasteiger partial charge in [-0.1, -0.05) is 72.8 Å². The summed E-state index contributed by atoms with van der Waals surface area (Å²) in [5, 5.41) is 39.6. The van der Waals surface area contributed by atoms with Crippen LogP contribution in [0, 0.1) is 0 Å². The lowest BCUT2D eigenvalue weighted by Crippen LogP contribution is -2.59. The predicted octanol–water partition coefficient (Wildman–Crippen LogP) is 2.27. The summed E-state index contributed by atoms with van der Waals surface area (Å²) < 4.78 is 17.9. The zero-order valence-corrected chi connectivity index (χ0v) is 21.8. The van der Waals surface area contributed by atoms with Crippen LogP contribution in [-0.2, 0) is 19.8 Å². The highest BCUT2D eigenvalue weighted by Crippen LogP contribution is 2.41. The first-order chi connectivity index (χ1) is 18.4. The van der Waals surface area contributed by atoms with Crippen LogP contribution >= 0.6 is 0 Å². The molecule has 1 saturated heterocycles. The minimum atomic E-state index is -1.48. The van der Waals surface area contributed by atoms with Gasteiger partial charge >= 0.3 is 0 Å². The Kier molecular flexibility index (Phi) is 9.51. The van der Waals surface area contributed by atoms with Crippen LogP contribution in [-0.4, -0.2) is 85.0 Å². The number of anilines is 1. The van der Waals surface area contributed by atoms with Crippen molar-refractivity contribution in [3.8, 4) is 0 Å². The van der Waals surface area contributed by atoms with E-state index in [0.717, 1.165) is 22.4 Å². The third-order valence-electron chi connectivity index (χ3n) is 6.87. The number of aliphatic hydroxyl groups excluding tert-OH is 4. The highest BCUT2D eigenvalue weighted by atomic mass is 16.7. The van der Waals surface area contributed by atoms with Crippen LogP contribution in [0.4, 0.5) is 5.69 Å². The van der Waals surface area contributed by atoms with Gasteiger partial charge in [0, 0.05) is 19.8 Å². The zero-order valence-electron chi connectivity index (χ0n) is 21.8. The van der Waals surface area contributed by atoms with Gasteiger partial charge in [-0.05, 0) is 35.2 Å². The van der Waals surface area contributed by atoms with Gasteiger partial charge in [-0.3, -0.25) is 0 Å². The third kappa shape index (κ3) is 5.92. The number of ether oxygens (including phenoxy) is 3. The van der Waals surface area contributed by atoms with Crippen molar-refractivity contribution in [1.29, 1.82) is 0 Å². The van der Waals surface area contributed by atoms with Crippen molar-refractivity contribution in [2.45, 2.75) is 42.7 Å². The second kappa shape index (κ2) is 12.8. The molecule has 0 bridgehead atoms. The van der Waals surface area contributed by atoms with Gasteiger partial charge in [-0.25, -0.2) is 0 Å². The predicted molar refractivity (Wildman–Crippen MR) is 144 cm³/mol. The Hall–Kier alpha value is -2.82. The Morgan fingerprint density at radius 3 is 1.95 bits per heavy atom. The van der Waals surface area contributed by atoms with Gasteiger partial charge in [-0.2, -0.15) is 0 Å². The molecule has 0 amide bonds. The lowest BCUT2D eigenvalue weighted by molar-refractivity contribution is -0.301. The van der Waals surface area contributed by atoms with Crippen molar-refractivity contribution in [2.24, 2.45) is 0 Å². The molecule has 0 aliphatic carbocycles. The first-order valence-electron chi connectivity index (χ1n) is 12.8. The molecule has 4 rings (SSSR count). The normalized spacial score (nSPS) is 23.8. The first kappa shape index (κ1) is 28.2. The van der Waals surface area contributed by atoms with Crippen LogP contribution in [0.25, 0.3) is 0 Å². The molecule has 0 radical (unpaired) electrons. The molecule has 8 nitrogen and oxygen atoms in total. The van der Waals surface area contributed by atoms with Gasteiger partial charge < -0.3 is 39.5 Å². The van der Waals surface area contributed by atoms with E-state index in [1.165, 1.54) is 0 Å². The first-order valence-corrected chi connectivity index (χ1v) is 12.8. The Bertz CT molecular complexity index is 1090. The molecule has 8 heteroatoms. The molecule has 3 aromatic rings. The summed E-state index contributed by atoms with van der Waals surface area (Å²) in [6.07, 6.45) is -6.06. The summed E-state index contributed by atoms with van der Waals surface area (Å²) in [5.74, 6) is 0. The molecular weight excluding hydrogens is 486 g/mol. The van der Waals surface area contributed by atoms with Crippen LogP contribution in [0.3, 0.4) is 0 Å². The van der Waals surface area contributed by atoms with E-state index in [0.29, 0.717) is 13.0 Å². The molecule has 38 heavy (non-hydrogen) atoms. The Morgan fingerprint density at radius 2 is 1.37 bits per heavy atom. The van der Waals surface area contributed by atoms with Crippen molar-refractivity contribution in [1.82, 2.24) is 0 Å². The summed E-state index contributed by atoms with van der Waals surface area (Å²) in [6, 6.07) is 28.4. The Morgan fingerprint density at radius 1 is 0.763 bits per heavy atom. The standard InChI is InChI=1S/C30H37NO7/c1-31(2)24-16-9-15-23(19-24)30(21-11-5-3-6-12-21,22-13-7-4-8-14-22)37-18-10-17-36-29-28(35)27(34)26(33)25(20-32)38-29/h3-9,11-16,19,25-29,32-35H,10,17-18,20H2,1-2H3/t25-,26-,27+,28+,29+/m1/s1. The van der Waals surface area contributed by atoms with Crippen molar-refractivity contribution >= 4 is 5.69 Å². The summed E-state index contributed by atoms with van der Waals surface area (Å²) in [5.41, 5.74) is 3.11. The summed E-state index contributed by atoms with van der Waals surface area (Å²) >= 11 is 0. The van der Waals surface area contributed by atoms with E-state index in [1.807, 2.05) is 56.6 Å². The van der Waals surface area contributed by atoms with E-state index in [-0.39, 0.29) is 6.61 Å². The van der Waals surface area contributed by atoms with Crippen LogP contribution in [0.2, 0.25) is 0 Å². The van der Waals surface area contributed by atoms with E-state index in [1.54, 1.807) is 0 Å². The van der Waals surface area contributed by atoms with Gasteiger partial charge in [-0.15, -0.1) is 0 Å². The van der Waals surface area contributed by atoms with E-state index in [2.05, 4.69) is 47.4 Å². The molecule has 4 N–H and O–H groups in total. The molecule has 0 spiro atoms. The van der Waals surface area contributed by atoms with E-state index in [4.69, 9.17) is 14.2 Å². The molecule has 204 valence electrons. The molecule has 1 heterocycles. The number of rotatable bonds is 11. The fraction of sp³-hybridized carbons (Fsp3) is 0.400. The molecular formula is C30H37NO7. The molecule has 1 aliphatic rings. The SMILES string of the molecule is CN(C)c1cccc(C(OCCCO[C@H]2O[C@H](CO)[C@@H](O)[C@H](O)[C@@H]2O)(c2ccccc2)c2ccccc2)c1. The highest BCUT2D eigenvalue weighted by Gasteiger charge is 2.44. The van der Waals surface area contributed by atoms with E-state index < -0.39 is 42.9 Å². The Balaban J connectivity index is 1.57. The second-order valence-corrected chi connectivity index (χ2v) is 9.63. The Labute approximate surface area is 223 Å². The van der Waals surface area contributed by atoms with Gasteiger partial charge in [0.05, 0.1) is 19.8 Å². The van der Waals surface area contributed by atoms with Crippen LogP contribution < -0.4 is 4.90 Å². The van der Waals surface area contributed by atoms with Crippen molar-refractivity contribution in [3.63, 3.8) is 0 Å². The van der Waals surface area contributed by atoms with E-state index >= 15 is 0 Å². The summed E-state index contributed by atoms with van der Waals surface area (Å²) in [6.45, 7) is -0.0237. The minimum absolute atomic E-state index is 0.167. The maximum atomic E-state index is 10.2. The summed E-state index contributed by atoms with van der Waals surface area (Å²) in [7, 11) is 4.01. The van der Waals surface area contributed by atoms with Crippen molar-refractivity contribution < 1.29 is 34.6 Å². The molecule has 0 saturated carbocycles. The molecule has 1 aliphatic heterocycles. The monoisotopic (exact) mass is 523 g/mol. The lowest BCUT2D eigenvalue weighted by Gasteiger charge is -2.39. The topological polar surface area (TPSA) is 112 Å². The summed E-state index contributed by atoms with van der Waals surface area (Å²) in [4.78, 5) is 2.05. The minimum Gasteiger partial charge on any atom is -0.394 e. The number of benzene rings is 3. The molecule has 3 aromatic carbocycles. The molecule has 1 fully saturated rings. The largest absolute Gasteiger partial charge is 0.394 e. The van der Waals surface area contributed by atoms with Gasteiger partial charge in [0.1, 0.15) is 30.0 Å². The fourth-order valence-electron chi connectivity index (χ4n) is 4.79. The third-order valence-corrected chi connectivity index (χ3v) is 6.87. The average Bonchev–Trinajstić information content (AvgIpc) is 2.96. The number of hydrogen-bond acceptors (Lipinski definition) is 8. The molecule has 5 atom stereocenters. The number of nitrogens with zero attached hydrogens (tertiary/aromatic N) is 1. The molecule has 0 unspecified atom stereocenters. The van der Waals surface area contributed by atoms with E-state index in [9.17, 15) is 20.4 Å². The van der Waals surface area contributed by atoms with Gasteiger partial charge in [0.2, 0.25) is 0 Å². The molecule has 0 aromatic heterocycles. The van der Waals surface area contributed by atoms with Crippen LogP contribution in [0.15, 0.2) is 84.9 Å². The zero-order chi connectivity index (χ0) is 27.1. The van der Waals surface area contributed by atoms with Crippen LogP contribution in [0.5, 0.6) is 0 Å². The van der Waals surface area contributed by atoms with Crippen molar-refractivity contribution in [2.75, 3.05) is 38.8 Å². The lowest BCUT2D eigenvalue weighted by atomic mass is 9.80. The van der Waals surface area contributed by atoms with Crippen LogP contribution in [0.1, 0.15) is 23.1 Å². The van der Waals surface area contributed by atoms with Gasteiger partial charge in [0.25, 0.3) is 0 Å². The smallest absolute Gasteiger partial charge is 0.186 e.